The lowest BCUT2D eigenvalue weighted by molar-refractivity contribution is -0.137. The van der Waals surface area contributed by atoms with Gasteiger partial charge in [0.25, 0.3) is 5.89 Å². The molecular weight excluding hydrogens is 375 g/mol. The van der Waals surface area contributed by atoms with Crippen LogP contribution in [0.15, 0.2) is 47.1 Å². The van der Waals surface area contributed by atoms with Crippen LogP contribution in [0.3, 0.4) is 0 Å². The predicted molar refractivity (Wildman–Crippen MR) is 83.1 cm³/mol. The Balaban J connectivity index is 1.70. The van der Waals surface area contributed by atoms with Crippen LogP contribution in [-0.2, 0) is 17.5 Å². The second-order valence-electron chi connectivity index (χ2n) is 5.03. The smallest absolute Gasteiger partial charge is 0.416 e. The van der Waals surface area contributed by atoms with Crippen molar-refractivity contribution in [1.29, 1.82) is 0 Å². The van der Waals surface area contributed by atoms with E-state index in [-0.39, 0.29) is 34.6 Å². The highest BCUT2D eigenvalue weighted by Crippen LogP contribution is 2.31. The number of hydrogen-bond acceptors (Lipinski definition) is 6. The maximum atomic E-state index is 12.8. The molecule has 0 amide bonds. The van der Waals surface area contributed by atoms with Crippen molar-refractivity contribution in [1.82, 2.24) is 15.1 Å². The fourth-order valence-electron chi connectivity index (χ4n) is 2.01. The lowest BCUT2D eigenvalue weighted by atomic mass is 10.1. The fraction of sp³-hybridized carbons (Fsp3) is 0.125. The summed E-state index contributed by atoms with van der Waals surface area (Å²) >= 11 is 5.68. The van der Waals surface area contributed by atoms with Crippen molar-refractivity contribution in [2.75, 3.05) is 0 Å². The molecule has 0 aliphatic carbocycles. The number of pyridine rings is 1. The van der Waals surface area contributed by atoms with E-state index in [9.17, 15) is 18.0 Å². The number of nitrogens with zero attached hydrogens (tertiary/aromatic N) is 3. The van der Waals surface area contributed by atoms with Gasteiger partial charge in [-0.3, -0.25) is 0 Å². The zero-order valence-corrected chi connectivity index (χ0v) is 13.6. The molecular formula is C16H9ClF3N3O3. The summed E-state index contributed by atoms with van der Waals surface area (Å²) in [5.41, 5.74) is -0.521. The summed E-state index contributed by atoms with van der Waals surface area (Å²) in [4.78, 5) is 19.5. The van der Waals surface area contributed by atoms with Gasteiger partial charge in [-0.15, -0.1) is 0 Å². The Morgan fingerprint density at radius 3 is 2.77 bits per heavy atom. The molecule has 3 aromatic rings. The molecule has 3 rings (SSSR count). The maximum absolute atomic E-state index is 12.8. The molecule has 6 nitrogen and oxygen atoms in total. The summed E-state index contributed by atoms with van der Waals surface area (Å²) in [7, 11) is 0. The standard InChI is InChI=1S/C16H9ClF3N3O3/c17-12-7-10(4-5-21-12)15(24)25-8-13-22-14(23-26-13)9-2-1-3-11(6-9)16(18,19)20/h1-7H,8H2. The minimum absolute atomic E-state index is 0.0471. The van der Waals surface area contributed by atoms with Crippen LogP contribution in [0.5, 0.6) is 0 Å². The lowest BCUT2D eigenvalue weighted by Gasteiger charge is -2.06. The Bertz CT molecular complexity index is 943. The van der Waals surface area contributed by atoms with Gasteiger partial charge in [-0.2, -0.15) is 18.2 Å². The van der Waals surface area contributed by atoms with Crippen molar-refractivity contribution in [3.05, 3.63) is 64.8 Å². The number of carbonyl (C=O) groups excluding carboxylic acids is 1. The van der Waals surface area contributed by atoms with Crippen molar-refractivity contribution in [2.24, 2.45) is 0 Å². The number of ether oxygens (including phenoxy) is 1. The summed E-state index contributed by atoms with van der Waals surface area (Å²) in [6, 6.07) is 7.23. The minimum atomic E-state index is -4.48. The molecule has 2 heterocycles. The van der Waals surface area contributed by atoms with Gasteiger partial charge in [0.2, 0.25) is 5.82 Å². The third-order valence-corrected chi connectivity index (χ3v) is 3.41. The van der Waals surface area contributed by atoms with Gasteiger partial charge in [-0.05, 0) is 24.3 Å². The Labute approximate surface area is 149 Å². The van der Waals surface area contributed by atoms with Crippen LogP contribution in [0.4, 0.5) is 13.2 Å². The van der Waals surface area contributed by atoms with E-state index < -0.39 is 17.7 Å². The zero-order chi connectivity index (χ0) is 18.7. The molecule has 0 saturated heterocycles. The Hall–Kier alpha value is -2.94. The second kappa shape index (κ2) is 7.12. The van der Waals surface area contributed by atoms with Crippen LogP contribution in [-0.4, -0.2) is 21.1 Å². The van der Waals surface area contributed by atoms with Gasteiger partial charge in [0.15, 0.2) is 6.61 Å². The number of hydrogen-bond donors (Lipinski definition) is 0. The number of aromatic nitrogens is 3. The molecule has 0 spiro atoms. The van der Waals surface area contributed by atoms with E-state index in [0.29, 0.717) is 0 Å². The van der Waals surface area contributed by atoms with Crippen LogP contribution in [0.25, 0.3) is 11.4 Å². The van der Waals surface area contributed by atoms with Crippen molar-refractivity contribution in [3.63, 3.8) is 0 Å². The van der Waals surface area contributed by atoms with E-state index in [1.54, 1.807) is 0 Å². The summed E-state index contributed by atoms with van der Waals surface area (Å²) in [5.74, 6) is -0.798. The Morgan fingerprint density at radius 2 is 2.04 bits per heavy atom. The van der Waals surface area contributed by atoms with Gasteiger partial charge >= 0.3 is 12.1 Å². The molecule has 0 atom stereocenters. The number of rotatable bonds is 4. The number of alkyl halides is 3. The molecule has 0 saturated carbocycles. The van der Waals surface area contributed by atoms with E-state index in [4.69, 9.17) is 20.9 Å². The van der Waals surface area contributed by atoms with Gasteiger partial charge in [-0.1, -0.05) is 28.9 Å². The lowest BCUT2D eigenvalue weighted by Crippen LogP contribution is -2.05. The zero-order valence-electron chi connectivity index (χ0n) is 12.8. The SMILES string of the molecule is O=C(OCc1nc(-c2cccc(C(F)(F)F)c2)no1)c1ccnc(Cl)c1. The van der Waals surface area contributed by atoms with E-state index in [0.717, 1.165) is 12.1 Å². The van der Waals surface area contributed by atoms with Crippen molar-refractivity contribution in [3.8, 4) is 11.4 Å². The largest absolute Gasteiger partial charge is 0.452 e. The molecule has 0 bridgehead atoms. The molecule has 2 aromatic heterocycles. The molecule has 0 radical (unpaired) electrons. The number of halogens is 4. The topological polar surface area (TPSA) is 78.1 Å². The molecule has 134 valence electrons. The fourth-order valence-corrected chi connectivity index (χ4v) is 2.18. The first-order valence-electron chi connectivity index (χ1n) is 7.12. The molecule has 1 aromatic carbocycles. The number of esters is 1. The average molecular weight is 384 g/mol. The van der Waals surface area contributed by atoms with Gasteiger partial charge in [-0.25, -0.2) is 9.78 Å². The molecule has 0 N–H and O–H groups in total. The van der Waals surface area contributed by atoms with Gasteiger partial charge in [0.05, 0.1) is 11.1 Å². The molecule has 10 heteroatoms. The summed E-state index contributed by atoms with van der Waals surface area (Å²) in [6.45, 7) is -0.343. The number of carbonyl (C=O) groups is 1. The van der Waals surface area contributed by atoms with Gasteiger partial charge in [0.1, 0.15) is 5.15 Å². The molecule has 0 aliphatic rings. The van der Waals surface area contributed by atoms with Crippen LogP contribution in [0, 0.1) is 0 Å². The Morgan fingerprint density at radius 1 is 1.23 bits per heavy atom. The Kier molecular flexibility index (Phi) is 4.90. The summed E-state index contributed by atoms with van der Waals surface area (Å²) in [5, 5.41) is 3.73. The molecule has 0 aliphatic heterocycles. The van der Waals surface area contributed by atoms with Crippen LogP contribution < -0.4 is 0 Å². The first kappa shape index (κ1) is 17.9. The quantitative estimate of drug-likeness (QED) is 0.497. The molecule has 0 unspecified atom stereocenters. The molecule has 26 heavy (non-hydrogen) atoms. The second-order valence-corrected chi connectivity index (χ2v) is 5.42. The van der Waals surface area contributed by atoms with Crippen LogP contribution in [0.2, 0.25) is 5.15 Å². The summed E-state index contributed by atoms with van der Waals surface area (Å²) < 4.78 is 48.1. The van der Waals surface area contributed by atoms with E-state index in [2.05, 4.69) is 15.1 Å². The minimum Gasteiger partial charge on any atom is -0.452 e. The third kappa shape index (κ3) is 4.17. The average Bonchev–Trinajstić information content (AvgIpc) is 3.08. The van der Waals surface area contributed by atoms with E-state index >= 15 is 0 Å². The molecule has 0 fully saturated rings. The summed E-state index contributed by atoms with van der Waals surface area (Å²) in [6.07, 6.45) is -3.14. The van der Waals surface area contributed by atoms with Crippen molar-refractivity contribution in [2.45, 2.75) is 12.8 Å². The van der Waals surface area contributed by atoms with Crippen molar-refractivity contribution < 1.29 is 27.2 Å². The number of benzene rings is 1. The monoisotopic (exact) mass is 383 g/mol. The first-order valence-corrected chi connectivity index (χ1v) is 7.49. The highest BCUT2D eigenvalue weighted by atomic mass is 35.5. The van der Waals surface area contributed by atoms with Gasteiger partial charge < -0.3 is 9.26 Å². The van der Waals surface area contributed by atoms with E-state index in [1.165, 1.54) is 30.5 Å². The third-order valence-electron chi connectivity index (χ3n) is 3.21. The first-order chi connectivity index (χ1) is 12.3. The van der Waals surface area contributed by atoms with Crippen molar-refractivity contribution >= 4 is 17.6 Å². The van der Waals surface area contributed by atoms with Crippen LogP contribution in [0.1, 0.15) is 21.8 Å². The van der Waals surface area contributed by atoms with E-state index in [1.807, 2.05) is 0 Å². The highest BCUT2D eigenvalue weighted by Gasteiger charge is 2.30. The van der Waals surface area contributed by atoms with Crippen LogP contribution >= 0.6 is 11.6 Å². The maximum Gasteiger partial charge on any atom is 0.416 e. The van der Waals surface area contributed by atoms with Gasteiger partial charge in [0, 0.05) is 11.8 Å². The normalized spacial score (nSPS) is 11.4. The predicted octanol–water partition coefficient (Wildman–Crippen LogP) is 4.16. The highest BCUT2D eigenvalue weighted by molar-refractivity contribution is 6.29.